The molecule has 1 fully saturated rings. The summed E-state index contributed by atoms with van der Waals surface area (Å²) in [4.78, 5) is 2.32. The van der Waals surface area contributed by atoms with Crippen molar-refractivity contribution in [1.29, 1.82) is 0 Å². The summed E-state index contributed by atoms with van der Waals surface area (Å²) in [6.07, 6.45) is 4.56. The molecule has 0 amide bonds. The molecule has 1 aromatic rings. The fourth-order valence-electron chi connectivity index (χ4n) is 3.06. The fourth-order valence-corrected chi connectivity index (χ4v) is 3.06. The minimum atomic E-state index is 0.252. The Labute approximate surface area is 95.9 Å². The number of phenols is 1. The zero-order valence-corrected chi connectivity index (χ0v) is 9.39. The average Bonchev–Trinajstić information content (AvgIpc) is 2.28. The molecule has 0 spiro atoms. The molecule has 3 heteroatoms. The first-order chi connectivity index (χ1) is 7.75. The van der Waals surface area contributed by atoms with Crippen LogP contribution >= 0.6 is 0 Å². The van der Waals surface area contributed by atoms with E-state index in [0.29, 0.717) is 11.8 Å². The molecule has 0 aliphatic carbocycles. The van der Waals surface area contributed by atoms with Gasteiger partial charge in [-0.1, -0.05) is 12.1 Å². The van der Waals surface area contributed by atoms with E-state index >= 15 is 0 Å². The fraction of sp³-hybridized carbons (Fsp3) is 0.538. The van der Waals surface area contributed by atoms with Crippen LogP contribution in [-0.4, -0.2) is 23.7 Å². The molecule has 2 aliphatic heterocycles. The van der Waals surface area contributed by atoms with Crippen LogP contribution in [0.25, 0.3) is 0 Å². The van der Waals surface area contributed by atoms with Crippen LogP contribution in [0.4, 0.5) is 5.69 Å². The van der Waals surface area contributed by atoms with Gasteiger partial charge >= 0.3 is 0 Å². The van der Waals surface area contributed by atoms with Crippen molar-refractivity contribution >= 4 is 5.69 Å². The van der Waals surface area contributed by atoms with Crippen LogP contribution in [-0.2, 0) is 6.42 Å². The summed E-state index contributed by atoms with van der Waals surface area (Å²) in [5.74, 6) is 0.413. The molecule has 2 heterocycles. The molecule has 86 valence electrons. The van der Waals surface area contributed by atoms with Gasteiger partial charge in [-0.3, -0.25) is 0 Å². The van der Waals surface area contributed by atoms with Gasteiger partial charge < -0.3 is 15.7 Å². The summed E-state index contributed by atoms with van der Waals surface area (Å²) in [7, 11) is 0. The maximum atomic E-state index is 10.00. The van der Waals surface area contributed by atoms with Crippen LogP contribution in [0.5, 0.6) is 5.75 Å². The third-order valence-corrected chi connectivity index (χ3v) is 3.88. The number of benzene rings is 1. The van der Waals surface area contributed by atoms with Crippen molar-refractivity contribution in [1.82, 2.24) is 0 Å². The monoisotopic (exact) mass is 218 g/mol. The number of para-hydroxylation sites is 1. The van der Waals surface area contributed by atoms with E-state index in [1.165, 1.54) is 12.0 Å². The van der Waals surface area contributed by atoms with Gasteiger partial charge in [0.05, 0.1) is 5.69 Å². The molecule has 2 aliphatic rings. The van der Waals surface area contributed by atoms with Gasteiger partial charge in [0.2, 0.25) is 0 Å². The quantitative estimate of drug-likeness (QED) is 0.696. The lowest BCUT2D eigenvalue weighted by atomic mass is 9.88. The van der Waals surface area contributed by atoms with E-state index in [9.17, 15) is 5.11 Å². The summed E-state index contributed by atoms with van der Waals surface area (Å²) in [6.45, 7) is 0.884. The smallest absolute Gasteiger partial charge is 0.139 e. The summed E-state index contributed by atoms with van der Waals surface area (Å²) >= 11 is 0. The van der Waals surface area contributed by atoms with E-state index < -0.39 is 0 Å². The van der Waals surface area contributed by atoms with Crippen LogP contribution in [0.2, 0.25) is 0 Å². The van der Waals surface area contributed by atoms with Crippen molar-refractivity contribution in [3.05, 3.63) is 23.8 Å². The molecule has 1 saturated heterocycles. The van der Waals surface area contributed by atoms with Gasteiger partial charge in [0.15, 0.2) is 0 Å². The summed E-state index contributed by atoms with van der Waals surface area (Å²) in [5.41, 5.74) is 8.33. The first-order valence-corrected chi connectivity index (χ1v) is 6.09. The van der Waals surface area contributed by atoms with Gasteiger partial charge in [0.1, 0.15) is 5.75 Å². The number of nitrogens with two attached hydrogens (primary N) is 1. The van der Waals surface area contributed by atoms with Gasteiger partial charge in [-0.15, -0.1) is 0 Å². The van der Waals surface area contributed by atoms with Crippen LogP contribution in [0, 0.1) is 0 Å². The number of anilines is 1. The summed E-state index contributed by atoms with van der Waals surface area (Å²) < 4.78 is 0. The van der Waals surface area contributed by atoms with E-state index in [2.05, 4.69) is 11.0 Å². The predicted molar refractivity (Wildman–Crippen MR) is 64.8 cm³/mol. The van der Waals surface area contributed by atoms with Crippen LogP contribution in [0.1, 0.15) is 24.8 Å². The van der Waals surface area contributed by atoms with Crippen molar-refractivity contribution in [2.45, 2.75) is 37.8 Å². The Morgan fingerprint density at radius 2 is 2.12 bits per heavy atom. The van der Waals surface area contributed by atoms with Crippen molar-refractivity contribution in [3.8, 4) is 5.75 Å². The van der Waals surface area contributed by atoms with Gasteiger partial charge in [-0.25, -0.2) is 0 Å². The Hall–Kier alpha value is -1.22. The van der Waals surface area contributed by atoms with Crippen molar-refractivity contribution < 1.29 is 5.11 Å². The Morgan fingerprint density at radius 1 is 1.25 bits per heavy atom. The third-order valence-electron chi connectivity index (χ3n) is 3.88. The summed E-state index contributed by atoms with van der Waals surface area (Å²) in [6, 6.07) is 6.66. The van der Waals surface area contributed by atoms with E-state index in [0.717, 1.165) is 31.5 Å². The zero-order chi connectivity index (χ0) is 11.1. The molecule has 16 heavy (non-hydrogen) atoms. The van der Waals surface area contributed by atoms with Gasteiger partial charge in [-0.2, -0.15) is 0 Å². The first kappa shape index (κ1) is 9.97. The molecule has 0 radical (unpaired) electrons. The molecular formula is C13H18N2O. The SMILES string of the molecule is NC1CCC2CCc3cccc(O)c3N2C1. The Kier molecular flexibility index (Phi) is 2.28. The Morgan fingerprint density at radius 3 is 3.00 bits per heavy atom. The number of phenolic OH excluding ortho intramolecular Hbond substituents is 1. The highest BCUT2D eigenvalue weighted by atomic mass is 16.3. The number of aromatic hydroxyl groups is 1. The number of aryl methyl sites for hydroxylation is 1. The first-order valence-electron chi connectivity index (χ1n) is 6.09. The second-order valence-electron chi connectivity index (χ2n) is 4.97. The van der Waals surface area contributed by atoms with E-state index in [1.54, 1.807) is 6.07 Å². The largest absolute Gasteiger partial charge is 0.506 e. The third kappa shape index (κ3) is 1.47. The highest BCUT2D eigenvalue weighted by molar-refractivity contribution is 5.65. The van der Waals surface area contributed by atoms with E-state index in [4.69, 9.17) is 5.73 Å². The number of fused-ring (bicyclic) bond motifs is 3. The van der Waals surface area contributed by atoms with Crippen molar-refractivity contribution in [2.75, 3.05) is 11.4 Å². The Bertz CT molecular complexity index is 405. The second kappa shape index (κ2) is 3.67. The van der Waals surface area contributed by atoms with E-state index in [1.807, 2.05) is 6.07 Å². The molecule has 0 aromatic heterocycles. The second-order valence-corrected chi connectivity index (χ2v) is 4.97. The zero-order valence-electron chi connectivity index (χ0n) is 9.39. The van der Waals surface area contributed by atoms with Crippen LogP contribution < -0.4 is 10.6 Å². The average molecular weight is 218 g/mol. The van der Waals surface area contributed by atoms with Crippen molar-refractivity contribution in [3.63, 3.8) is 0 Å². The lowest BCUT2D eigenvalue weighted by molar-refractivity contribution is 0.381. The van der Waals surface area contributed by atoms with Gasteiger partial charge in [0.25, 0.3) is 0 Å². The standard InChI is InChI=1S/C13H18N2O/c14-10-5-7-11-6-4-9-2-1-3-12(16)13(9)15(11)8-10/h1-3,10-11,16H,4-8,14H2. The molecule has 3 N–H and O–H groups in total. The van der Waals surface area contributed by atoms with Crippen molar-refractivity contribution in [2.24, 2.45) is 5.73 Å². The molecule has 0 bridgehead atoms. The molecule has 3 rings (SSSR count). The number of hydrogen-bond donors (Lipinski definition) is 2. The molecule has 0 saturated carbocycles. The highest BCUT2D eigenvalue weighted by Crippen LogP contribution is 2.40. The Balaban J connectivity index is 2.02. The van der Waals surface area contributed by atoms with Gasteiger partial charge in [0, 0.05) is 18.6 Å². The highest BCUT2D eigenvalue weighted by Gasteiger charge is 2.32. The maximum absolute atomic E-state index is 10.00. The molecule has 2 atom stereocenters. The predicted octanol–water partition coefficient (Wildman–Crippen LogP) is 1.63. The number of rotatable bonds is 0. The maximum Gasteiger partial charge on any atom is 0.139 e. The molecular weight excluding hydrogens is 200 g/mol. The minimum Gasteiger partial charge on any atom is -0.506 e. The minimum absolute atomic E-state index is 0.252. The molecule has 2 unspecified atom stereocenters. The lowest BCUT2D eigenvalue weighted by Gasteiger charge is -2.44. The van der Waals surface area contributed by atoms with Crippen LogP contribution in [0.3, 0.4) is 0 Å². The number of hydrogen-bond acceptors (Lipinski definition) is 3. The lowest BCUT2D eigenvalue weighted by Crippen LogP contribution is -2.50. The summed E-state index contributed by atoms with van der Waals surface area (Å²) in [5, 5.41) is 10.00. The number of nitrogens with zero attached hydrogens (tertiary/aromatic N) is 1. The molecule has 3 nitrogen and oxygen atoms in total. The topological polar surface area (TPSA) is 49.5 Å². The van der Waals surface area contributed by atoms with Crippen LogP contribution in [0.15, 0.2) is 18.2 Å². The normalized spacial score (nSPS) is 28.4. The van der Waals surface area contributed by atoms with E-state index in [-0.39, 0.29) is 6.04 Å². The number of piperidine rings is 1. The van der Waals surface area contributed by atoms with Gasteiger partial charge in [-0.05, 0) is 37.3 Å². The molecule has 1 aromatic carbocycles.